The van der Waals surface area contributed by atoms with Gasteiger partial charge in [-0.25, -0.2) is 22.8 Å². The van der Waals surface area contributed by atoms with Crippen molar-refractivity contribution in [3.8, 4) is 5.88 Å². The van der Waals surface area contributed by atoms with E-state index in [9.17, 15) is 8.42 Å². The summed E-state index contributed by atoms with van der Waals surface area (Å²) in [6, 6.07) is 5.09. The Morgan fingerprint density at radius 3 is 2.56 bits per heavy atom. The lowest BCUT2D eigenvalue weighted by atomic mass is 9.93. The molecule has 1 unspecified atom stereocenters. The van der Waals surface area contributed by atoms with Gasteiger partial charge < -0.3 is 14.8 Å². The highest BCUT2D eigenvalue weighted by Gasteiger charge is 2.46. The number of aryl methyl sites for hydroxylation is 1. The Morgan fingerprint density at radius 1 is 1.15 bits per heavy atom. The average Bonchev–Trinajstić information content (AvgIpc) is 3.44. The molecule has 0 aliphatic carbocycles. The van der Waals surface area contributed by atoms with Crippen molar-refractivity contribution in [2.24, 2.45) is 0 Å². The van der Waals surface area contributed by atoms with Crippen LogP contribution in [0.3, 0.4) is 0 Å². The van der Waals surface area contributed by atoms with E-state index in [0.29, 0.717) is 47.8 Å². The van der Waals surface area contributed by atoms with E-state index in [4.69, 9.17) is 9.47 Å². The Bertz CT molecular complexity index is 1480. The molecule has 39 heavy (non-hydrogen) atoms. The normalized spacial score (nSPS) is 20.7. The molecule has 1 N–H and O–H groups in total. The van der Waals surface area contributed by atoms with Gasteiger partial charge in [0.2, 0.25) is 5.88 Å². The Labute approximate surface area is 225 Å². The number of aromatic nitrogens is 3. The summed E-state index contributed by atoms with van der Waals surface area (Å²) in [4.78, 5) is 13.5. The Balaban J connectivity index is 1.50. The van der Waals surface area contributed by atoms with Gasteiger partial charge in [0.1, 0.15) is 33.4 Å². The third-order valence-corrected chi connectivity index (χ3v) is 9.24. The second-order valence-electron chi connectivity index (χ2n) is 10.2. The number of fused-ring (bicyclic) bond motifs is 1. The van der Waals surface area contributed by atoms with Gasteiger partial charge >= 0.3 is 5.92 Å². The summed E-state index contributed by atoms with van der Waals surface area (Å²) in [5.41, 5.74) is 0.465. The molecule has 210 valence electrons. The van der Waals surface area contributed by atoms with Crippen molar-refractivity contribution < 1.29 is 31.1 Å². The van der Waals surface area contributed by atoms with Crippen LogP contribution in [0.25, 0.3) is 11.0 Å². The predicted octanol–water partition coefficient (Wildman–Crippen LogP) is 5.22. The van der Waals surface area contributed by atoms with E-state index >= 15 is 13.2 Å². The van der Waals surface area contributed by atoms with Crippen molar-refractivity contribution in [1.82, 2.24) is 15.0 Å². The molecule has 0 bridgehead atoms. The van der Waals surface area contributed by atoms with Gasteiger partial charge in [-0.15, -0.1) is 0 Å². The predicted molar refractivity (Wildman–Crippen MR) is 141 cm³/mol. The maximum Gasteiger partial charge on any atom is 0.301 e. The largest absolute Gasteiger partial charge is 0.481 e. The molecule has 2 aromatic heterocycles. The van der Waals surface area contributed by atoms with Crippen LogP contribution in [0, 0.1) is 12.7 Å². The zero-order valence-corrected chi connectivity index (χ0v) is 22.8. The fourth-order valence-electron chi connectivity index (χ4n) is 5.39. The van der Waals surface area contributed by atoms with E-state index in [1.54, 1.807) is 13.8 Å². The lowest BCUT2D eigenvalue weighted by Crippen LogP contribution is -2.31. The monoisotopic (exact) mass is 564 g/mol. The van der Waals surface area contributed by atoms with Gasteiger partial charge in [-0.3, -0.25) is 0 Å². The fraction of sp³-hybridized carbons (Fsp3) is 0.519. The van der Waals surface area contributed by atoms with Crippen molar-refractivity contribution in [1.29, 1.82) is 0 Å². The highest BCUT2D eigenvalue weighted by Crippen LogP contribution is 2.41. The molecule has 0 amide bonds. The maximum absolute atomic E-state index is 15.6. The number of nitrogens with zero attached hydrogens (tertiary/aromatic N) is 3. The standard InChI is InChI=1S/C27H31F3N4O4S/c1-15(18-6-4-7-21(23(18)28)27(29,30)22-8-5-11-38-22)31-24-20-14-19(17-9-12-39(35,36)13-10-17)26(37-3)34-25(20)33-16(2)32-24/h4,6-7,14-15,17,22H,5,8-13H2,1-3H3,(H,31,32,33,34)/t15-,22?/m1/s1. The molecular formula is C27H31F3N4O4S. The SMILES string of the molecule is COc1nc2nc(C)nc(N[C@H](C)c3cccc(C(F)(F)C4CCCO4)c3F)c2cc1C1CCS(=O)(=O)CC1. The van der Waals surface area contributed by atoms with Crippen LogP contribution in [0.15, 0.2) is 24.3 Å². The second-order valence-corrected chi connectivity index (χ2v) is 12.5. The molecule has 2 aliphatic rings. The third-order valence-electron chi connectivity index (χ3n) is 7.52. The highest BCUT2D eigenvalue weighted by atomic mass is 32.2. The Morgan fingerprint density at radius 2 is 1.90 bits per heavy atom. The lowest BCUT2D eigenvalue weighted by Gasteiger charge is -2.26. The highest BCUT2D eigenvalue weighted by molar-refractivity contribution is 7.91. The Kier molecular flexibility index (Phi) is 7.45. The first-order chi connectivity index (χ1) is 18.5. The van der Waals surface area contributed by atoms with Crippen LogP contribution in [-0.4, -0.2) is 54.7 Å². The van der Waals surface area contributed by atoms with Crippen molar-refractivity contribution in [3.05, 3.63) is 52.6 Å². The van der Waals surface area contributed by atoms with Gasteiger partial charge in [0.05, 0.1) is 35.6 Å². The number of methoxy groups -OCH3 is 1. The first-order valence-electron chi connectivity index (χ1n) is 13.0. The molecule has 4 heterocycles. The number of benzene rings is 1. The quantitative estimate of drug-likeness (QED) is 0.417. The summed E-state index contributed by atoms with van der Waals surface area (Å²) >= 11 is 0. The van der Waals surface area contributed by atoms with Crippen LogP contribution < -0.4 is 10.1 Å². The van der Waals surface area contributed by atoms with E-state index in [2.05, 4.69) is 20.3 Å². The zero-order valence-electron chi connectivity index (χ0n) is 22.0. The molecular weight excluding hydrogens is 533 g/mol. The topological polar surface area (TPSA) is 103 Å². The number of alkyl halides is 2. The van der Waals surface area contributed by atoms with Gasteiger partial charge in [0, 0.05) is 17.7 Å². The van der Waals surface area contributed by atoms with Gasteiger partial charge in [-0.2, -0.15) is 13.8 Å². The number of halogens is 3. The van der Waals surface area contributed by atoms with E-state index in [-0.39, 0.29) is 36.0 Å². The van der Waals surface area contributed by atoms with Crippen molar-refractivity contribution in [2.75, 3.05) is 30.5 Å². The minimum absolute atomic E-state index is 0.0637. The molecule has 2 aliphatic heterocycles. The van der Waals surface area contributed by atoms with Crippen molar-refractivity contribution >= 4 is 26.7 Å². The summed E-state index contributed by atoms with van der Waals surface area (Å²) in [7, 11) is -1.57. The summed E-state index contributed by atoms with van der Waals surface area (Å²) in [5, 5.41) is 3.71. The van der Waals surface area contributed by atoms with Crippen LogP contribution in [0.2, 0.25) is 0 Å². The van der Waals surface area contributed by atoms with Gasteiger partial charge in [0.15, 0.2) is 5.65 Å². The van der Waals surface area contributed by atoms with E-state index in [1.165, 1.54) is 19.2 Å². The molecule has 0 saturated carbocycles. The number of nitrogens with one attached hydrogen (secondary N) is 1. The summed E-state index contributed by atoms with van der Waals surface area (Å²) in [6.45, 7) is 3.59. The number of hydrogen-bond donors (Lipinski definition) is 1. The summed E-state index contributed by atoms with van der Waals surface area (Å²) in [5.74, 6) is -3.24. The van der Waals surface area contributed by atoms with Crippen LogP contribution in [0.1, 0.15) is 67.1 Å². The summed E-state index contributed by atoms with van der Waals surface area (Å²) < 4.78 is 80.4. The number of hydrogen-bond acceptors (Lipinski definition) is 8. The molecule has 0 spiro atoms. The van der Waals surface area contributed by atoms with Gasteiger partial charge in [-0.05, 0) is 57.6 Å². The zero-order chi connectivity index (χ0) is 27.9. The second kappa shape index (κ2) is 10.5. The number of ether oxygens (including phenoxy) is 2. The van der Waals surface area contributed by atoms with Crippen molar-refractivity contribution in [2.45, 2.75) is 63.5 Å². The van der Waals surface area contributed by atoms with Crippen LogP contribution in [0.4, 0.5) is 19.0 Å². The maximum atomic E-state index is 15.6. The lowest BCUT2D eigenvalue weighted by molar-refractivity contribution is -0.124. The smallest absolute Gasteiger partial charge is 0.301 e. The average molecular weight is 565 g/mol. The first-order valence-corrected chi connectivity index (χ1v) is 14.8. The number of anilines is 1. The molecule has 2 fully saturated rings. The number of pyridine rings is 1. The minimum Gasteiger partial charge on any atom is -0.481 e. The van der Waals surface area contributed by atoms with Crippen LogP contribution >= 0.6 is 0 Å². The molecule has 8 nitrogen and oxygen atoms in total. The van der Waals surface area contributed by atoms with Crippen LogP contribution in [0.5, 0.6) is 5.88 Å². The Hall–Kier alpha value is -2.99. The van der Waals surface area contributed by atoms with E-state index in [0.717, 1.165) is 11.6 Å². The third kappa shape index (κ3) is 5.41. The number of rotatable bonds is 7. The van der Waals surface area contributed by atoms with Gasteiger partial charge in [-0.1, -0.05) is 12.1 Å². The van der Waals surface area contributed by atoms with E-state index < -0.39 is 39.3 Å². The molecule has 12 heteroatoms. The minimum atomic E-state index is -3.46. The first kappa shape index (κ1) is 27.6. The molecule has 2 atom stereocenters. The number of sulfone groups is 1. The molecule has 5 rings (SSSR count). The molecule has 1 aromatic carbocycles. The van der Waals surface area contributed by atoms with E-state index in [1.807, 2.05) is 6.07 Å². The van der Waals surface area contributed by atoms with Crippen LogP contribution in [-0.2, 0) is 20.5 Å². The van der Waals surface area contributed by atoms with Gasteiger partial charge in [0.25, 0.3) is 0 Å². The molecule has 3 aromatic rings. The fourth-order valence-corrected chi connectivity index (χ4v) is 6.88. The molecule has 0 radical (unpaired) electrons. The molecule has 2 saturated heterocycles. The van der Waals surface area contributed by atoms with Crippen molar-refractivity contribution in [3.63, 3.8) is 0 Å². The summed E-state index contributed by atoms with van der Waals surface area (Å²) in [6.07, 6.45) is 0.205.